The van der Waals surface area contributed by atoms with E-state index in [9.17, 15) is 4.79 Å². The summed E-state index contributed by atoms with van der Waals surface area (Å²) in [6.07, 6.45) is 1.66. The molecule has 0 fully saturated rings. The number of ether oxygens (including phenoxy) is 1. The Kier molecular flexibility index (Phi) is 5.63. The molecule has 0 aliphatic heterocycles. The molecule has 26 heavy (non-hydrogen) atoms. The summed E-state index contributed by atoms with van der Waals surface area (Å²) in [5.41, 5.74) is 2.41. The fraction of sp³-hybridized carbons (Fsp3) is 0.250. The molecular weight excluding hydrogens is 328 g/mol. The summed E-state index contributed by atoms with van der Waals surface area (Å²) in [7, 11) is 0. The zero-order chi connectivity index (χ0) is 18.4. The van der Waals surface area contributed by atoms with Gasteiger partial charge in [0, 0.05) is 0 Å². The van der Waals surface area contributed by atoms with Gasteiger partial charge in [0.15, 0.2) is 5.69 Å². The first-order chi connectivity index (χ1) is 12.7. The number of amides is 1. The maximum Gasteiger partial charge on any atom is 0.273 e. The van der Waals surface area contributed by atoms with Gasteiger partial charge in [-0.3, -0.25) is 4.79 Å². The van der Waals surface area contributed by atoms with Gasteiger partial charge in [0.05, 0.1) is 25.4 Å². The van der Waals surface area contributed by atoms with Gasteiger partial charge in [0.1, 0.15) is 5.75 Å². The van der Waals surface area contributed by atoms with Crippen molar-refractivity contribution >= 4 is 5.91 Å². The highest BCUT2D eigenvalue weighted by Gasteiger charge is 2.15. The fourth-order valence-electron chi connectivity index (χ4n) is 2.62. The second kappa shape index (κ2) is 8.29. The topological polar surface area (TPSA) is 69.0 Å². The molecule has 3 aromatic rings. The Morgan fingerprint density at radius 2 is 1.88 bits per heavy atom. The molecule has 0 radical (unpaired) electrons. The molecule has 6 nitrogen and oxygen atoms in total. The van der Waals surface area contributed by atoms with E-state index in [1.54, 1.807) is 10.9 Å². The van der Waals surface area contributed by atoms with Crippen LogP contribution in [-0.2, 0) is 6.54 Å². The summed E-state index contributed by atoms with van der Waals surface area (Å²) < 4.78 is 7.09. The van der Waals surface area contributed by atoms with E-state index in [1.165, 1.54) is 0 Å². The lowest BCUT2D eigenvalue weighted by Gasteiger charge is -2.14. The molecule has 1 N–H and O–H groups in total. The lowest BCUT2D eigenvalue weighted by atomic mass is 10.1. The number of hydrogen-bond donors (Lipinski definition) is 1. The first-order valence-electron chi connectivity index (χ1n) is 8.63. The van der Waals surface area contributed by atoms with Crippen molar-refractivity contribution < 1.29 is 9.53 Å². The van der Waals surface area contributed by atoms with Crippen molar-refractivity contribution in [2.24, 2.45) is 0 Å². The van der Waals surface area contributed by atoms with Crippen LogP contribution in [0.1, 0.15) is 41.5 Å². The molecule has 3 rings (SSSR count). The quantitative estimate of drug-likeness (QED) is 0.710. The van der Waals surface area contributed by atoms with Crippen molar-refractivity contribution in [2.45, 2.75) is 26.4 Å². The van der Waals surface area contributed by atoms with Crippen LogP contribution in [0.25, 0.3) is 0 Å². The predicted molar refractivity (Wildman–Crippen MR) is 99.1 cm³/mol. The van der Waals surface area contributed by atoms with Crippen LogP contribution < -0.4 is 10.1 Å². The lowest BCUT2D eigenvalue weighted by molar-refractivity contribution is 0.0934. The number of carbonyl (C=O) groups excluding carboxylic acids is 1. The minimum Gasteiger partial charge on any atom is -0.494 e. The molecule has 0 aliphatic rings. The first kappa shape index (κ1) is 17.7. The predicted octanol–water partition coefficient (Wildman–Crippen LogP) is 3.22. The highest BCUT2D eigenvalue weighted by atomic mass is 16.5. The molecule has 0 bridgehead atoms. The zero-order valence-electron chi connectivity index (χ0n) is 14.9. The van der Waals surface area contributed by atoms with Crippen molar-refractivity contribution in [1.29, 1.82) is 0 Å². The van der Waals surface area contributed by atoms with Gasteiger partial charge in [-0.05, 0) is 37.1 Å². The molecule has 1 heterocycles. The van der Waals surface area contributed by atoms with Gasteiger partial charge in [0.25, 0.3) is 5.91 Å². The average Bonchev–Trinajstić information content (AvgIpc) is 3.12. The Morgan fingerprint density at radius 1 is 1.15 bits per heavy atom. The Morgan fingerprint density at radius 3 is 2.58 bits per heavy atom. The Hall–Kier alpha value is -3.15. The summed E-state index contributed by atoms with van der Waals surface area (Å²) in [4.78, 5) is 12.4. The van der Waals surface area contributed by atoms with Crippen LogP contribution in [0, 0.1) is 0 Å². The Labute approximate surface area is 152 Å². The van der Waals surface area contributed by atoms with E-state index in [4.69, 9.17) is 4.74 Å². The van der Waals surface area contributed by atoms with Crippen LogP contribution in [0.4, 0.5) is 0 Å². The van der Waals surface area contributed by atoms with Gasteiger partial charge in [-0.2, -0.15) is 0 Å². The zero-order valence-corrected chi connectivity index (χ0v) is 14.9. The third-order valence-electron chi connectivity index (χ3n) is 4.00. The molecular formula is C20H22N4O2. The molecule has 0 spiro atoms. The van der Waals surface area contributed by atoms with Gasteiger partial charge < -0.3 is 10.1 Å². The number of carbonyl (C=O) groups is 1. The van der Waals surface area contributed by atoms with Crippen LogP contribution in [-0.4, -0.2) is 27.5 Å². The SMILES string of the molecule is CCOc1ccc(C(C)NC(=O)c2cn(Cc3ccccc3)nn2)cc1. The van der Waals surface area contributed by atoms with Crippen molar-refractivity contribution in [3.63, 3.8) is 0 Å². The molecule has 1 amide bonds. The first-order valence-corrected chi connectivity index (χ1v) is 8.63. The highest BCUT2D eigenvalue weighted by Crippen LogP contribution is 2.18. The molecule has 1 aromatic heterocycles. The largest absolute Gasteiger partial charge is 0.494 e. The third kappa shape index (κ3) is 4.47. The maximum atomic E-state index is 12.4. The number of aromatic nitrogens is 3. The summed E-state index contributed by atoms with van der Waals surface area (Å²) in [5, 5.41) is 11.0. The van der Waals surface area contributed by atoms with E-state index >= 15 is 0 Å². The molecule has 1 unspecified atom stereocenters. The van der Waals surface area contributed by atoms with Gasteiger partial charge in [-0.15, -0.1) is 5.10 Å². The Bertz CT molecular complexity index is 844. The number of benzene rings is 2. The molecule has 0 aliphatic carbocycles. The second-order valence-corrected chi connectivity index (χ2v) is 5.98. The van der Waals surface area contributed by atoms with Crippen LogP contribution in [0.2, 0.25) is 0 Å². The number of nitrogens with one attached hydrogen (secondary N) is 1. The summed E-state index contributed by atoms with van der Waals surface area (Å²) in [6, 6.07) is 17.5. The standard InChI is InChI=1S/C20H22N4O2/c1-3-26-18-11-9-17(10-12-18)15(2)21-20(25)19-14-24(23-22-19)13-16-7-5-4-6-8-16/h4-12,14-15H,3,13H2,1-2H3,(H,21,25). The molecule has 0 saturated heterocycles. The van der Waals surface area contributed by atoms with Gasteiger partial charge in [-0.1, -0.05) is 47.7 Å². The smallest absolute Gasteiger partial charge is 0.273 e. The van der Waals surface area contributed by atoms with Crippen LogP contribution in [0.15, 0.2) is 60.8 Å². The van der Waals surface area contributed by atoms with Crippen molar-refractivity contribution in [3.8, 4) is 5.75 Å². The van der Waals surface area contributed by atoms with E-state index < -0.39 is 0 Å². The molecule has 2 aromatic carbocycles. The number of hydrogen-bond acceptors (Lipinski definition) is 4. The molecule has 134 valence electrons. The highest BCUT2D eigenvalue weighted by molar-refractivity contribution is 5.92. The van der Waals surface area contributed by atoms with E-state index in [0.717, 1.165) is 16.9 Å². The minimum atomic E-state index is -0.245. The van der Waals surface area contributed by atoms with Gasteiger partial charge >= 0.3 is 0 Å². The van der Waals surface area contributed by atoms with E-state index in [2.05, 4.69) is 15.6 Å². The second-order valence-electron chi connectivity index (χ2n) is 5.98. The van der Waals surface area contributed by atoms with E-state index in [1.807, 2.05) is 68.4 Å². The minimum absolute atomic E-state index is 0.141. The molecule has 0 saturated carbocycles. The summed E-state index contributed by atoms with van der Waals surface area (Å²) in [5.74, 6) is 0.573. The fourth-order valence-corrected chi connectivity index (χ4v) is 2.62. The van der Waals surface area contributed by atoms with Crippen LogP contribution in [0.5, 0.6) is 5.75 Å². The van der Waals surface area contributed by atoms with Crippen molar-refractivity contribution in [2.75, 3.05) is 6.61 Å². The van der Waals surface area contributed by atoms with Gasteiger partial charge in [0.2, 0.25) is 0 Å². The lowest BCUT2D eigenvalue weighted by Crippen LogP contribution is -2.27. The maximum absolute atomic E-state index is 12.4. The molecule has 6 heteroatoms. The molecule has 1 atom stereocenters. The monoisotopic (exact) mass is 350 g/mol. The summed E-state index contributed by atoms with van der Waals surface area (Å²) >= 11 is 0. The van der Waals surface area contributed by atoms with Crippen molar-refractivity contribution in [1.82, 2.24) is 20.3 Å². The normalized spacial score (nSPS) is 11.8. The van der Waals surface area contributed by atoms with Crippen LogP contribution in [0.3, 0.4) is 0 Å². The third-order valence-corrected chi connectivity index (χ3v) is 4.00. The van der Waals surface area contributed by atoms with E-state index in [0.29, 0.717) is 18.8 Å². The van der Waals surface area contributed by atoms with E-state index in [-0.39, 0.29) is 11.9 Å². The van der Waals surface area contributed by atoms with Gasteiger partial charge in [-0.25, -0.2) is 4.68 Å². The van der Waals surface area contributed by atoms with Crippen molar-refractivity contribution in [3.05, 3.63) is 77.6 Å². The average molecular weight is 350 g/mol. The van der Waals surface area contributed by atoms with Crippen LogP contribution >= 0.6 is 0 Å². The number of rotatable bonds is 7. The number of nitrogens with zero attached hydrogens (tertiary/aromatic N) is 3. The summed E-state index contributed by atoms with van der Waals surface area (Å²) in [6.45, 7) is 5.09. The Balaban J connectivity index is 1.60.